The third-order valence-electron chi connectivity index (χ3n) is 5.83. The molecule has 5 rings (SSSR count). The molecule has 0 bridgehead atoms. The molecule has 166 valence electrons. The van der Waals surface area contributed by atoms with E-state index in [-0.39, 0.29) is 5.91 Å². The lowest BCUT2D eigenvalue weighted by Crippen LogP contribution is -2.35. The normalized spacial score (nSPS) is 13.0. The second-order valence-electron chi connectivity index (χ2n) is 8.03. The monoisotopic (exact) mass is 441 g/mol. The van der Waals surface area contributed by atoms with Crippen molar-refractivity contribution < 1.29 is 14.3 Å². The minimum atomic E-state index is -0.581. The van der Waals surface area contributed by atoms with Crippen LogP contribution in [0.3, 0.4) is 0 Å². The van der Waals surface area contributed by atoms with Crippen LogP contribution in [0, 0.1) is 6.92 Å². The first-order chi connectivity index (χ1) is 16.0. The maximum absolute atomic E-state index is 13.5. The molecule has 1 N–H and O–H groups in total. The molecule has 4 heterocycles. The first-order valence-electron chi connectivity index (χ1n) is 10.7. The highest BCUT2D eigenvalue weighted by Crippen LogP contribution is 2.30. The summed E-state index contributed by atoms with van der Waals surface area (Å²) in [6.07, 6.45) is 6.56. The molecule has 0 fully saturated rings. The van der Waals surface area contributed by atoms with E-state index in [9.17, 15) is 9.59 Å². The number of aryl methyl sites for hydroxylation is 2. The number of carbonyl (C=O) groups excluding carboxylic acids is 2. The Balaban J connectivity index is 1.48. The van der Waals surface area contributed by atoms with Gasteiger partial charge >= 0.3 is 6.09 Å². The van der Waals surface area contributed by atoms with Crippen LogP contribution in [0.1, 0.15) is 27.9 Å². The lowest BCUT2D eigenvalue weighted by molar-refractivity contribution is 0.0984. The number of aromatic nitrogens is 3. The van der Waals surface area contributed by atoms with Crippen LogP contribution in [0.15, 0.2) is 61.1 Å². The number of hydrogen-bond donors (Lipinski definition) is 1. The maximum Gasteiger partial charge on any atom is 0.412 e. The average Bonchev–Trinajstić information content (AvgIpc) is 3.27. The van der Waals surface area contributed by atoms with Crippen molar-refractivity contribution in [3.8, 4) is 11.3 Å². The van der Waals surface area contributed by atoms with Crippen molar-refractivity contribution in [2.75, 3.05) is 23.9 Å². The first-order valence-corrected chi connectivity index (χ1v) is 10.7. The van der Waals surface area contributed by atoms with Crippen LogP contribution in [0.4, 0.5) is 16.3 Å². The van der Waals surface area contributed by atoms with E-state index in [4.69, 9.17) is 0 Å². The van der Waals surface area contributed by atoms with E-state index in [0.29, 0.717) is 17.9 Å². The number of benzene rings is 1. The molecule has 0 unspecified atom stereocenters. The summed E-state index contributed by atoms with van der Waals surface area (Å²) in [6, 6.07) is 13.5. The van der Waals surface area contributed by atoms with Gasteiger partial charge in [0.15, 0.2) is 0 Å². The Kier molecular flexibility index (Phi) is 5.26. The van der Waals surface area contributed by atoms with E-state index in [1.165, 1.54) is 12.7 Å². The van der Waals surface area contributed by atoms with Crippen LogP contribution in [-0.4, -0.2) is 40.0 Å². The van der Waals surface area contributed by atoms with E-state index < -0.39 is 6.09 Å². The van der Waals surface area contributed by atoms with Crippen LogP contribution < -0.4 is 10.2 Å². The SMILES string of the molecule is COC(=O)Nc1ccc(-c2cnc3ccc(C(=O)N4CCCc5ccc(C)cc54)cn23)cn1. The molecule has 8 heteroatoms. The highest BCUT2D eigenvalue weighted by molar-refractivity contribution is 6.06. The van der Waals surface area contributed by atoms with E-state index >= 15 is 0 Å². The molecule has 1 aromatic carbocycles. The quantitative estimate of drug-likeness (QED) is 0.507. The van der Waals surface area contributed by atoms with Crippen molar-refractivity contribution in [2.24, 2.45) is 0 Å². The molecule has 0 spiro atoms. The lowest BCUT2D eigenvalue weighted by Gasteiger charge is -2.30. The topological polar surface area (TPSA) is 88.8 Å². The van der Waals surface area contributed by atoms with Gasteiger partial charge in [-0.05, 0) is 61.2 Å². The van der Waals surface area contributed by atoms with Gasteiger partial charge in [0.2, 0.25) is 0 Å². The second kappa shape index (κ2) is 8.38. The molecule has 0 radical (unpaired) electrons. The molecule has 0 aliphatic carbocycles. The Morgan fingerprint density at radius 3 is 2.73 bits per heavy atom. The Hall–Kier alpha value is -4.20. The number of imidazole rings is 1. The summed E-state index contributed by atoms with van der Waals surface area (Å²) in [5.41, 5.74) is 6.26. The number of fused-ring (bicyclic) bond motifs is 2. The number of ether oxygens (including phenoxy) is 1. The summed E-state index contributed by atoms with van der Waals surface area (Å²) >= 11 is 0. The zero-order valence-electron chi connectivity index (χ0n) is 18.4. The summed E-state index contributed by atoms with van der Waals surface area (Å²) < 4.78 is 6.48. The van der Waals surface area contributed by atoms with Gasteiger partial charge < -0.3 is 9.64 Å². The van der Waals surface area contributed by atoms with Crippen molar-refractivity contribution in [3.63, 3.8) is 0 Å². The van der Waals surface area contributed by atoms with Gasteiger partial charge in [-0.2, -0.15) is 0 Å². The first kappa shape index (κ1) is 20.7. The fourth-order valence-corrected chi connectivity index (χ4v) is 4.15. The highest BCUT2D eigenvalue weighted by Gasteiger charge is 2.24. The van der Waals surface area contributed by atoms with Gasteiger partial charge in [0, 0.05) is 30.2 Å². The molecule has 1 aliphatic rings. The van der Waals surface area contributed by atoms with Crippen molar-refractivity contribution in [1.29, 1.82) is 0 Å². The molecule has 2 amide bonds. The van der Waals surface area contributed by atoms with Crippen LogP contribution in [0.25, 0.3) is 16.9 Å². The highest BCUT2D eigenvalue weighted by atomic mass is 16.5. The standard InChI is InChI=1S/C25H23N5O3/c1-16-5-6-17-4-3-11-29(20(17)12-16)24(31)19-8-10-23-27-14-21(30(23)15-19)18-7-9-22(26-13-18)28-25(32)33-2/h5-10,12-15H,3-4,11H2,1-2H3,(H,26,28,32). The summed E-state index contributed by atoms with van der Waals surface area (Å²) in [5, 5.41) is 2.53. The number of rotatable bonds is 3. The molecule has 0 saturated carbocycles. The van der Waals surface area contributed by atoms with Gasteiger partial charge in [0.1, 0.15) is 11.5 Å². The third kappa shape index (κ3) is 3.91. The summed E-state index contributed by atoms with van der Waals surface area (Å²) in [7, 11) is 1.30. The molecule has 33 heavy (non-hydrogen) atoms. The molecule has 8 nitrogen and oxygen atoms in total. The van der Waals surface area contributed by atoms with Crippen molar-refractivity contribution in [1.82, 2.24) is 14.4 Å². The molecule has 4 aromatic rings. The van der Waals surface area contributed by atoms with Gasteiger partial charge in [0.25, 0.3) is 5.91 Å². The number of carbonyl (C=O) groups is 2. The van der Waals surface area contributed by atoms with E-state index in [2.05, 4.69) is 38.2 Å². The van der Waals surface area contributed by atoms with Gasteiger partial charge in [-0.15, -0.1) is 0 Å². The Labute approximate surface area is 190 Å². The lowest BCUT2D eigenvalue weighted by atomic mass is 9.99. The van der Waals surface area contributed by atoms with Crippen LogP contribution >= 0.6 is 0 Å². The molecular formula is C25H23N5O3. The summed E-state index contributed by atoms with van der Waals surface area (Å²) in [6.45, 7) is 2.74. The van der Waals surface area contributed by atoms with Crippen LogP contribution in [0.2, 0.25) is 0 Å². The molecular weight excluding hydrogens is 418 g/mol. The van der Waals surface area contributed by atoms with Crippen molar-refractivity contribution in [2.45, 2.75) is 19.8 Å². The summed E-state index contributed by atoms with van der Waals surface area (Å²) in [5.74, 6) is 0.355. The predicted octanol–water partition coefficient (Wildman–Crippen LogP) is 4.48. The average molecular weight is 441 g/mol. The predicted molar refractivity (Wildman–Crippen MR) is 126 cm³/mol. The molecule has 0 saturated heterocycles. The van der Waals surface area contributed by atoms with E-state index in [0.717, 1.165) is 41.0 Å². The number of methoxy groups -OCH3 is 1. The smallest absolute Gasteiger partial charge is 0.412 e. The van der Waals surface area contributed by atoms with Gasteiger partial charge in [-0.1, -0.05) is 12.1 Å². The maximum atomic E-state index is 13.5. The van der Waals surface area contributed by atoms with E-state index in [1.807, 2.05) is 40.6 Å². The van der Waals surface area contributed by atoms with Gasteiger partial charge in [-0.3, -0.25) is 14.5 Å². The van der Waals surface area contributed by atoms with Crippen molar-refractivity contribution in [3.05, 3.63) is 77.7 Å². The Morgan fingerprint density at radius 2 is 1.94 bits per heavy atom. The zero-order valence-corrected chi connectivity index (χ0v) is 18.4. The Morgan fingerprint density at radius 1 is 1.06 bits per heavy atom. The number of anilines is 2. The largest absolute Gasteiger partial charge is 0.453 e. The zero-order chi connectivity index (χ0) is 22.9. The number of hydrogen-bond acceptors (Lipinski definition) is 5. The number of nitrogens with one attached hydrogen (secondary N) is 1. The molecule has 3 aromatic heterocycles. The number of pyridine rings is 2. The Bertz CT molecular complexity index is 1360. The molecule has 0 atom stereocenters. The minimum absolute atomic E-state index is 0.0288. The minimum Gasteiger partial charge on any atom is -0.453 e. The fraction of sp³-hybridized carbons (Fsp3) is 0.200. The fourth-order valence-electron chi connectivity index (χ4n) is 4.15. The number of amides is 2. The summed E-state index contributed by atoms with van der Waals surface area (Å²) in [4.78, 5) is 35.5. The molecule has 1 aliphatic heterocycles. The van der Waals surface area contributed by atoms with Crippen molar-refractivity contribution >= 4 is 29.2 Å². The van der Waals surface area contributed by atoms with E-state index in [1.54, 1.807) is 18.5 Å². The number of nitrogens with zero attached hydrogens (tertiary/aromatic N) is 4. The van der Waals surface area contributed by atoms with Crippen LogP contribution in [-0.2, 0) is 11.2 Å². The van der Waals surface area contributed by atoms with Gasteiger partial charge in [0.05, 0.1) is 24.6 Å². The third-order valence-corrected chi connectivity index (χ3v) is 5.83. The van der Waals surface area contributed by atoms with Crippen LogP contribution in [0.5, 0.6) is 0 Å². The van der Waals surface area contributed by atoms with Gasteiger partial charge in [-0.25, -0.2) is 14.8 Å². The second-order valence-corrected chi connectivity index (χ2v) is 8.03.